The minimum atomic E-state index is 0.0195. The molecule has 0 spiro atoms. The summed E-state index contributed by atoms with van der Waals surface area (Å²) in [6, 6.07) is 0. The summed E-state index contributed by atoms with van der Waals surface area (Å²) in [5, 5.41) is 0. The SMILES string of the molecule is CCCCCCCCCCC(=O)OCCCCCCCCCC1CC1. The molecule has 148 valence electrons. The monoisotopic (exact) mass is 352 g/mol. The Labute approximate surface area is 157 Å². The molecule has 0 bridgehead atoms. The molecule has 0 unspecified atom stereocenters. The Morgan fingerprint density at radius 1 is 0.720 bits per heavy atom. The van der Waals surface area contributed by atoms with Crippen molar-refractivity contribution in [1.29, 1.82) is 0 Å². The summed E-state index contributed by atoms with van der Waals surface area (Å²) in [5.41, 5.74) is 0. The zero-order chi connectivity index (χ0) is 18.0. The smallest absolute Gasteiger partial charge is 0.305 e. The average molecular weight is 353 g/mol. The summed E-state index contributed by atoms with van der Waals surface area (Å²) in [5.74, 6) is 1.12. The van der Waals surface area contributed by atoms with E-state index in [9.17, 15) is 4.79 Å². The van der Waals surface area contributed by atoms with Gasteiger partial charge >= 0.3 is 5.97 Å². The van der Waals surface area contributed by atoms with Gasteiger partial charge in [0.25, 0.3) is 0 Å². The lowest BCUT2D eigenvalue weighted by Crippen LogP contribution is -2.05. The fourth-order valence-corrected chi connectivity index (χ4v) is 3.49. The number of ether oxygens (including phenoxy) is 1. The minimum absolute atomic E-state index is 0.0195. The van der Waals surface area contributed by atoms with Crippen molar-refractivity contribution in [2.45, 2.75) is 129 Å². The van der Waals surface area contributed by atoms with Crippen molar-refractivity contribution in [2.24, 2.45) is 5.92 Å². The van der Waals surface area contributed by atoms with Gasteiger partial charge in [0.1, 0.15) is 0 Å². The third-order valence-electron chi connectivity index (χ3n) is 5.45. The van der Waals surface area contributed by atoms with E-state index in [1.807, 2.05) is 0 Å². The van der Waals surface area contributed by atoms with E-state index in [2.05, 4.69) is 6.92 Å². The highest BCUT2D eigenvalue weighted by molar-refractivity contribution is 5.69. The molecule has 0 heterocycles. The van der Waals surface area contributed by atoms with Gasteiger partial charge in [-0.25, -0.2) is 0 Å². The van der Waals surface area contributed by atoms with Crippen LogP contribution in [0.5, 0.6) is 0 Å². The third kappa shape index (κ3) is 16.7. The molecule has 0 N–H and O–H groups in total. The summed E-state index contributed by atoms with van der Waals surface area (Å²) < 4.78 is 5.34. The number of hydrogen-bond donors (Lipinski definition) is 0. The molecule has 0 aromatic heterocycles. The first kappa shape index (κ1) is 22.5. The quantitative estimate of drug-likeness (QED) is 0.177. The predicted molar refractivity (Wildman–Crippen MR) is 108 cm³/mol. The molecule has 1 aliphatic carbocycles. The van der Waals surface area contributed by atoms with E-state index in [4.69, 9.17) is 4.74 Å². The highest BCUT2D eigenvalue weighted by Crippen LogP contribution is 2.34. The summed E-state index contributed by atoms with van der Waals surface area (Å²) in [6.07, 6.45) is 24.5. The standard InChI is InChI=1S/C23H44O2/c1-2-3-4-5-6-9-12-15-18-23(24)25-21-16-13-10-7-8-11-14-17-22-19-20-22/h22H,2-21H2,1H3. The van der Waals surface area contributed by atoms with Crippen molar-refractivity contribution in [3.05, 3.63) is 0 Å². The first-order chi connectivity index (χ1) is 12.3. The number of unbranched alkanes of at least 4 members (excludes halogenated alkanes) is 13. The van der Waals surface area contributed by atoms with Gasteiger partial charge in [-0.3, -0.25) is 4.79 Å². The molecule has 2 heteroatoms. The van der Waals surface area contributed by atoms with Crippen molar-refractivity contribution < 1.29 is 9.53 Å². The lowest BCUT2D eigenvalue weighted by atomic mass is 10.1. The minimum Gasteiger partial charge on any atom is -0.466 e. The van der Waals surface area contributed by atoms with Crippen molar-refractivity contribution in [1.82, 2.24) is 0 Å². The molecule has 0 aromatic carbocycles. The molecule has 0 aliphatic heterocycles. The summed E-state index contributed by atoms with van der Waals surface area (Å²) >= 11 is 0. The van der Waals surface area contributed by atoms with Crippen molar-refractivity contribution in [3.63, 3.8) is 0 Å². The molecular formula is C23H44O2. The van der Waals surface area contributed by atoms with Crippen LogP contribution in [0.2, 0.25) is 0 Å². The number of carbonyl (C=O) groups excluding carboxylic acids is 1. The maximum absolute atomic E-state index is 11.7. The van der Waals surface area contributed by atoms with Gasteiger partial charge in [0.2, 0.25) is 0 Å². The van der Waals surface area contributed by atoms with Crippen LogP contribution >= 0.6 is 0 Å². The van der Waals surface area contributed by atoms with Crippen LogP contribution in [-0.4, -0.2) is 12.6 Å². The number of hydrogen-bond acceptors (Lipinski definition) is 2. The van der Waals surface area contributed by atoms with Crippen LogP contribution in [-0.2, 0) is 9.53 Å². The zero-order valence-corrected chi connectivity index (χ0v) is 17.0. The third-order valence-corrected chi connectivity index (χ3v) is 5.45. The van der Waals surface area contributed by atoms with Crippen LogP contribution in [0, 0.1) is 5.92 Å². The van der Waals surface area contributed by atoms with Crippen LogP contribution in [0.3, 0.4) is 0 Å². The molecule has 1 fully saturated rings. The second kappa shape index (κ2) is 16.9. The van der Waals surface area contributed by atoms with E-state index in [0.717, 1.165) is 18.8 Å². The van der Waals surface area contributed by atoms with Gasteiger partial charge in [0.15, 0.2) is 0 Å². The molecule has 0 saturated heterocycles. The van der Waals surface area contributed by atoms with Crippen LogP contribution in [0.25, 0.3) is 0 Å². The first-order valence-corrected chi connectivity index (χ1v) is 11.5. The highest BCUT2D eigenvalue weighted by atomic mass is 16.5. The fraction of sp³-hybridized carbons (Fsp3) is 0.957. The van der Waals surface area contributed by atoms with Gasteiger partial charge < -0.3 is 4.74 Å². The second-order valence-electron chi connectivity index (χ2n) is 8.15. The molecule has 0 radical (unpaired) electrons. The maximum Gasteiger partial charge on any atom is 0.305 e. The first-order valence-electron chi connectivity index (χ1n) is 11.5. The average Bonchev–Trinajstić information content (AvgIpc) is 3.43. The molecule has 1 aliphatic rings. The molecule has 0 atom stereocenters. The van der Waals surface area contributed by atoms with Crippen LogP contribution in [0.4, 0.5) is 0 Å². The normalized spacial score (nSPS) is 14.0. The molecule has 25 heavy (non-hydrogen) atoms. The summed E-state index contributed by atoms with van der Waals surface area (Å²) in [6.45, 7) is 2.89. The van der Waals surface area contributed by atoms with Gasteiger partial charge in [-0.15, -0.1) is 0 Å². The Morgan fingerprint density at radius 2 is 1.24 bits per heavy atom. The van der Waals surface area contributed by atoms with Crippen molar-refractivity contribution >= 4 is 5.97 Å². The number of rotatable bonds is 19. The Bertz CT molecular complexity index is 296. The molecule has 0 amide bonds. The number of esters is 1. The molecule has 2 nitrogen and oxygen atoms in total. The van der Waals surface area contributed by atoms with Gasteiger partial charge in [-0.1, -0.05) is 110 Å². The molecule has 1 saturated carbocycles. The van der Waals surface area contributed by atoms with E-state index in [0.29, 0.717) is 13.0 Å². The van der Waals surface area contributed by atoms with Crippen molar-refractivity contribution in [3.8, 4) is 0 Å². The van der Waals surface area contributed by atoms with Crippen LogP contribution < -0.4 is 0 Å². The van der Waals surface area contributed by atoms with E-state index in [1.165, 1.54) is 103 Å². The Hall–Kier alpha value is -0.530. The van der Waals surface area contributed by atoms with Crippen LogP contribution in [0.15, 0.2) is 0 Å². The van der Waals surface area contributed by atoms with Gasteiger partial charge in [0, 0.05) is 6.42 Å². The van der Waals surface area contributed by atoms with E-state index in [1.54, 1.807) is 0 Å². The maximum atomic E-state index is 11.7. The Kier molecular flexibility index (Phi) is 15.2. The summed E-state index contributed by atoms with van der Waals surface area (Å²) in [7, 11) is 0. The highest BCUT2D eigenvalue weighted by Gasteiger charge is 2.19. The topological polar surface area (TPSA) is 26.3 Å². The molecule has 1 rings (SSSR count). The van der Waals surface area contributed by atoms with E-state index >= 15 is 0 Å². The van der Waals surface area contributed by atoms with Crippen LogP contribution in [0.1, 0.15) is 129 Å². The van der Waals surface area contributed by atoms with Gasteiger partial charge in [0.05, 0.1) is 6.61 Å². The molecular weight excluding hydrogens is 308 g/mol. The zero-order valence-electron chi connectivity index (χ0n) is 17.0. The Morgan fingerprint density at radius 3 is 1.84 bits per heavy atom. The lowest BCUT2D eigenvalue weighted by molar-refractivity contribution is -0.143. The lowest BCUT2D eigenvalue weighted by Gasteiger charge is -2.05. The Balaban J connectivity index is 1.69. The van der Waals surface area contributed by atoms with Gasteiger partial charge in [-0.2, -0.15) is 0 Å². The van der Waals surface area contributed by atoms with Gasteiger partial charge in [-0.05, 0) is 18.8 Å². The second-order valence-corrected chi connectivity index (χ2v) is 8.15. The predicted octanol–water partition coefficient (Wildman–Crippen LogP) is 7.59. The summed E-state index contributed by atoms with van der Waals surface area (Å²) in [4.78, 5) is 11.7. The largest absolute Gasteiger partial charge is 0.466 e. The van der Waals surface area contributed by atoms with E-state index < -0.39 is 0 Å². The molecule has 0 aromatic rings. The number of carbonyl (C=O) groups is 1. The van der Waals surface area contributed by atoms with E-state index in [-0.39, 0.29) is 5.97 Å². The fourth-order valence-electron chi connectivity index (χ4n) is 3.49. The van der Waals surface area contributed by atoms with Crippen molar-refractivity contribution in [2.75, 3.05) is 6.61 Å².